The first-order valence-corrected chi connectivity index (χ1v) is 6.77. The molecule has 100 valence electrons. The summed E-state index contributed by atoms with van der Waals surface area (Å²) in [4.78, 5) is 4.35. The monoisotopic (exact) mass is 262 g/mol. The smallest absolute Gasteiger partial charge is 0.174 e. The van der Waals surface area contributed by atoms with E-state index in [1.807, 2.05) is 18.3 Å². The van der Waals surface area contributed by atoms with Crippen molar-refractivity contribution in [1.29, 1.82) is 0 Å². The molecule has 0 atom stereocenters. The van der Waals surface area contributed by atoms with Gasteiger partial charge in [0.05, 0.1) is 13.2 Å². The molecule has 6 nitrogen and oxygen atoms in total. The zero-order valence-electron chi connectivity index (χ0n) is 10.6. The van der Waals surface area contributed by atoms with Gasteiger partial charge in [-0.2, -0.15) is 4.41 Å². The summed E-state index contributed by atoms with van der Waals surface area (Å²) in [6, 6.07) is 0. The predicted octanol–water partition coefficient (Wildman–Crippen LogP) is 0.431. The second-order valence-corrected chi connectivity index (χ2v) is 4.31. The summed E-state index contributed by atoms with van der Waals surface area (Å²) >= 11 is 1.58. The first-order valence-electron chi connectivity index (χ1n) is 5.99. The van der Waals surface area contributed by atoms with Gasteiger partial charge in [-0.1, -0.05) is 0 Å². The molecule has 1 rings (SSSR count). The number of nitrogens with zero attached hydrogens (tertiary/aromatic N) is 2. The van der Waals surface area contributed by atoms with E-state index in [4.69, 9.17) is 9.47 Å². The second kappa shape index (κ2) is 9.67. The third-order valence-corrected chi connectivity index (χ3v) is 2.92. The average Bonchev–Trinajstić information content (AvgIpc) is 2.78. The minimum Gasteiger partial charge on any atom is -0.380 e. The van der Waals surface area contributed by atoms with Crippen LogP contribution in [0.4, 0.5) is 0 Å². The van der Waals surface area contributed by atoms with Crippen LogP contribution in [-0.2, 0) is 9.47 Å². The SMILES string of the molecule is CCOCCNC1=NCN(NCCOCC)S1. The van der Waals surface area contributed by atoms with Gasteiger partial charge in [-0.15, -0.1) is 0 Å². The third kappa shape index (κ3) is 6.85. The Hall–Kier alpha value is -0.340. The fourth-order valence-corrected chi connectivity index (χ4v) is 1.98. The molecule has 0 aromatic carbocycles. The highest BCUT2D eigenvalue weighted by Crippen LogP contribution is 2.14. The first kappa shape index (κ1) is 14.7. The van der Waals surface area contributed by atoms with E-state index in [-0.39, 0.29) is 0 Å². The molecule has 17 heavy (non-hydrogen) atoms. The number of amidine groups is 1. The number of hydrogen-bond acceptors (Lipinski definition) is 7. The van der Waals surface area contributed by atoms with E-state index in [1.165, 1.54) is 0 Å². The molecule has 0 amide bonds. The van der Waals surface area contributed by atoms with E-state index in [1.54, 1.807) is 11.9 Å². The van der Waals surface area contributed by atoms with E-state index < -0.39 is 0 Å². The lowest BCUT2D eigenvalue weighted by atomic mass is 10.7. The van der Waals surface area contributed by atoms with E-state index >= 15 is 0 Å². The van der Waals surface area contributed by atoms with Gasteiger partial charge in [0, 0.05) is 38.3 Å². The zero-order chi connectivity index (χ0) is 12.3. The quantitative estimate of drug-likeness (QED) is 0.464. The van der Waals surface area contributed by atoms with Gasteiger partial charge in [-0.05, 0) is 13.8 Å². The lowest BCUT2D eigenvalue weighted by Gasteiger charge is -2.14. The summed E-state index contributed by atoms with van der Waals surface area (Å²) in [5.74, 6) is 0. The van der Waals surface area contributed by atoms with E-state index in [2.05, 4.69) is 15.7 Å². The summed E-state index contributed by atoms with van der Waals surface area (Å²) < 4.78 is 12.5. The maximum absolute atomic E-state index is 5.24. The van der Waals surface area contributed by atoms with Crippen molar-refractivity contribution in [1.82, 2.24) is 15.2 Å². The van der Waals surface area contributed by atoms with Crippen molar-refractivity contribution in [3.8, 4) is 0 Å². The number of hydrogen-bond donors (Lipinski definition) is 2. The third-order valence-electron chi connectivity index (χ3n) is 2.00. The molecule has 0 saturated carbocycles. The van der Waals surface area contributed by atoms with Gasteiger partial charge >= 0.3 is 0 Å². The van der Waals surface area contributed by atoms with Crippen LogP contribution in [0.2, 0.25) is 0 Å². The molecule has 0 aromatic rings. The minimum atomic E-state index is 0.660. The van der Waals surface area contributed by atoms with Gasteiger partial charge < -0.3 is 14.8 Å². The Labute approximate surface area is 107 Å². The molecular weight excluding hydrogens is 240 g/mol. The topological polar surface area (TPSA) is 58.1 Å². The number of hydrazine groups is 1. The van der Waals surface area contributed by atoms with Gasteiger partial charge in [-0.3, -0.25) is 0 Å². The molecule has 0 saturated heterocycles. The first-order chi connectivity index (χ1) is 8.36. The van der Waals surface area contributed by atoms with Crippen LogP contribution < -0.4 is 10.7 Å². The highest BCUT2D eigenvalue weighted by molar-refractivity contribution is 8.12. The summed E-state index contributed by atoms with van der Waals surface area (Å²) in [5.41, 5.74) is 3.23. The van der Waals surface area contributed by atoms with Crippen LogP contribution in [0, 0.1) is 0 Å². The lowest BCUT2D eigenvalue weighted by molar-refractivity contribution is 0.139. The summed E-state index contributed by atoms with van der Waals surface area (Å²) in [6.07, 6.45) is 0. The maximum Gasteiger partial charge on any atom is 0.174 e. The van der Waals surface area contributed by atoms with Crippen LogP contribution in [-0.4, -0.2) is 55.8 Å². The van der Waals surface area contributed by atoms with Gasteiger partial charge in [0.2, 0.25) is 0 Å². The minimum absolute atomic E-state index is 0.660. The van der Waals surface area contributed by atoms with Crippen molar-refractivity contribution in [2.45, 2.75) is 13.8 Å². The molecule has 7 heteroatoms. The Kier molecular flexibility index (Phi) is 8.37. The number of aliphatic imine (C=N–C) groups is 1. The van der Waals surface area contributed by atoms with Crippen LogP contribution >= 0.6 is 11.9 Å². The van der Waals surface area contributed by atoms with Crippen molar-refractivity contribution >= 4 is 17.1 Å². The Morgan fingerprint density at radius 1 is 1.24 bits per heavy atom. The molecule has 0 unspecified atom stereocenters. The second-order valence-electron chi connectivity index (χ2n) is 3.30. The highest BCUT2D eigenvalue weighted by atomic mass is 32.2. The molecule has 2 N–H and O–H groups in total. The standard InChI is InChI=1S/C10H22N4O2S/c1-3-15-7-5-11-10-12-9-14(17-10)13-6-8-16-4-2/h13H,3-9H2,1-2H3,(H,11,12). The number of nitrogens with one attached hydrogen (secondary N) is 2. The number of ether oxygens (including phenoxy) is 2. The average molecular weight is 262 g/mol. The fraction of sp³-hybridized carbons (Fsp3) is 0.900. The van der Waals surface area contributed by atoms with E-state index in [0.717, 1.165) is 38.1 Å². The van der Waals surface area contributed by atoms with Gasteiger partial charge in [0.15, 0.2) is 5.17 Å². The number of rotatable bonds is 9. The molecule has 1 aliphatic heterocycles. The Bertz CT molecular complexity index is 228. The van der Waals surface area contributed by atoms with Crippen LogP contribution in [0.3, 0.4) is 0 Å². The van der Waals surface area contributed by atoms with Gasteiger partial charge in [-0.25, -0.2) is 10.4 Å². The molecule has 1 heterocycles. The summed E-state index contributed by atoms with van der Waals surface area (Å²) in [6.45, 7) is 9.21. The Morgan fingerprint density at radius 2 is 1.94 bits per heavy atom. The molecule has 0 fully saturated rings. The Balaban J connectivity index is 1.97. The molecule has 1 aliphatic rings. The normalized spacial score (nSPS) is 16.2. The van der Waals surface area contributed by atoms with Crippen molar-refractivity contribution in [2.75, 3.05) is 46.2 Å². The molecule has 0 bridgehead atoms. The summed E-state index contributed by atoms with van der Waals surface area (Å²) in [5, 5.41) is 4.16. The van der Waals surface area contributed by atoms with E-state index in [9.17, 15) is 0 Å². The van der Waals surface area contributed by atoms with Crippen LogP contribution in [0.1, 0.15) is 13.8 Å². The Morgan fingerprint density at radius 3 is 2.65 bits per heavy atom. The summed E-state index contributed by atoms with van der Waals surface area (Å²) in [7, 11) is 0. The molecule has 0 radical (unpaired) electrons. The van der Waals surface area contributed by atoms with Crippen molar-refractivity contribution in [3.05, 3.63) is 0 Å². The molecular formula is C10H22N4O2S. The molecule has 0 spiro atoms. The largest absolute Gasteiger partial charge is 0.380 e. The van der Waals surface area contributed by atoms with Crippen molar-refractivity contribution < 1.29 is 9.47 Å². The lowest BCUT2D eigenvalue weighted by Crippen LogP contribution is -2.34. The molecule has 0 aromatic heterocycles. The highest BCUT2D eigenvalue weighted by Gasteiger charge is 2.15. The van der Waals surface area contributed by atoms with Crippen molar-refractivity contribution in [3.63, 3.8) is 0 Å². The molecule has 0 aliphatic carbocycles. The van der Waals surface area contributed by atoms with E-state index in [0.29, 0.717) is 13.3 Å². The van der Waals surface area contributed by atoms with Crippen LogP contribution in [0.15, 0.2) is 4.99 Å². The zero-order valence-corrected chi connectivity index (χ0v) is 11.4. The van der Waals surface area contributed by atoms with Crippen LogP contribution in [0.5, 0.6) is 0 Å². The van der Waals surface area contributed by atoms with Crippen molar-refractivity contribution in [2.24, 2.45) is 4.99 Å². The van der Waals surface area contributed by atoms with Gasteiger partial charge in [0.25, 0.3) is 0 Å². The fourth-order valence-electron chi connectivity index (χ4n) is 1.22. The maximum atomic E-state index is 5.24. The van der Waals surface area contributed by atoms with Crippen LogP contribution in [0.25, 0.3) is 0 Å². The van der Waals surface area contributed by atoms with Gasteiger partial charge in [0.1, 0.15) is 6.67 Å². The predicted molar refractivity (Wildman–Crippen MR) is 70.7 cm³/mol.